The molecule has 18 heteroatoms. The molecule has 1 heterocycles. The van der Waals surface area contributed by atoms with Gasteiger partial charge in [-0.25, -0.2) is 28.8 Å². The van der Waals surface area contributed by atoms with Gasteiger partial charge < -0.3 is 43.5 Å². The number of hydrogen-bond donors (Lipinski definition) is 2. The Morgan fingerprint density at radius 3 is 1.32 bits per heavy atom. The number of ether oxygens (including phenoxy) is 6. The highest BCUT2D eigenvalue weighted by atomic mass is 16.6. The molecule has 0 aliphatic heterocycles. The summed E-state index contributed by atoms with van der Waals surface area (Å²) < 4.78 is 39.5. The van der Waals surface area contributed by atoms with E-state index in [1.165, 1.54) is 27.1 Å². The molecular weight excluding hydrogens is 808 g/mol. The minimum absolute atomic E-state index is 0.0305. The van der Waals surface area contributed by atoms with Gasteiger partial charge in [-0.3, -0.25) is 14.6 Å². The van der Waals surface area contributed by atoms with Crippen LogP contribution >= 0.6 is 0 Å². The summed E-state index contributed by atoms with van der Waals surface area (Å²) in [5.41, 5.74) is -3.51. The first-order chi connectivity index (χ1) is 28.4. The van der Waals surface area contributed by atoms with Gasteiger partial charge in [0.25, 0.3) is 0 Å². The van der Waals surface area contributed by atoms with E-state index in [9.17, 15) is 33.6 Å². The van der Waals surface area contributed by atoms with Crippen molar-refractivity contribution in [3.05, 3.63) is 36.1 Å². The van der Waals surface area contributed by atoms with Crippen LogP contribution in [0.5, 0.6) is 11.5 Å². The van der Waals surface area contributed by atoms with E-state index in [0.29, 0.717) is 5.39 Å². The monoisotopic (exact) mass is 870 g/mol. The van der Waals surface area contributed by atoms with Gasteiger partial charge >= 0.3 is 36.3 Å². The first kappa shape index (κ1) is 50.3. The summed E-state index contributed by atoms with van der Waals surface area (Å²) in [6.45, 7) is 21.2. The van der Waals surface area contributed by atoms with Crippen LogP contribution in [0.15, 0.2) is 34.7 Å². The Morgan fingerprint density at radius 1 is 0.581 bits per heavy atom. The molecule has 0 fully saturated rings. The van der Waals surface area contributed by atoms with Crippen molar-refractivity contribution in [2.75, 3.05) is 27.2 Å². The van der Waals surface area contributed by atoms with Gasteiger partial charge in [0.05, 0.1) is 5.39 Å². The van der Waals surface area contributed by atoms with Crippen molar-refractivity contribution >= 4 is 63.8 Å². The summed E-state index contributed by atoms with van der Waals surface area (Å²) in [7, 11) is 2.79. The largest absolute Gasteiger partial charge is 0.458 e. The second-order valence-corrected chi connectivity index (χ2v) is 18.6. The van der Waals surface area contributed by atoms with E-state index in [4.69, 9.17) is 32.8 Å². The summed E-state index contributed by atoms with van der Waals surface area (Å²) in [5, 5.41) is 5.87. The molecule has 0 unspecified atom stereocenters. The van der Waals surface area contributed by atoms with Crippen molar-refractivity contribution in [1.29, 1.82) is 0 Å². The van der Waals surface area contributed by atoms with Gasteiger partial charge in [-0.2, -0.15) is 0 Å². The molecule has 18 nitrogen and oxygen atoms in total. The summed E-state index contributed by atoms with van der Waals surface area (Å²) in [6, 6.07) is 5.57. The van der Waals surface area contributed by atoms with E-state index in [0.717, 1.165) is 9.80 Å². The molecule has 2 N–H and O–H groups in total. The molecule has 0 aliphatic rings. The summed E-state index contributed by atoms with van der Waals surface area (Å²) in [5.74, 6) is -2.15. The zero-order valence-corrected chi connectivity index (χ0v) is 38.5. The number of benzene rings is 2. The number of nitrogens with one attached hydrogen (secondary N) is 2. The molecule has 0 radical (unpaired) electrons. The van der Waals surface area contributed by atoms with Crippen LogP contribution in [0.3, 0.4) is 0 Å². The number of carbonyl (C=O) groups excluding carboxylic acids is 7. The maximum Gasteiger partial charge on any atom is 0.412 e. The van der Waals surface area contributed by atoms with Crippen LogP contribution in [0.4, 0.5) is 19.2 Å². The smallest absolute Gasteiger partial charge is 0.412 e. The van der Waals surface area contributed by atoms with Crippen LogP contribution in [-0.2, 0) is 28.5 Å². The van der Waals surface area contributed by atoms with E-state index < -0.39 is 76.6 Å². The second-order valence-electron chi connectivity index (χ2n) is 18.6. The Bertz CT molecular complexity index is 2010. The minimum Gasteiger partial charge on any atom is -0.458 e. The number of esters is 2. The molecule has 0 spiro atoms. The third kappa shape index (κ3) is 14.8. The van der Waals surface area contributed by atoms with Crippen molar-refractivity contribution in [1.82, 2.24) is 20.4 Å². The third-order valence-electron chi connectivity index (χ3n) is 8.37. The van der Waals surface area contributed by atoms with E-state index in [2.05, 4.69) is 10.6 Å². The summed E-state index contributed by atoms with van der Waals surface area (Å²) >= 11 is 0. The molecular formula is C44H62N4O14. The molecule has 3 rings (SSSR count). The molecule has 342 valence electrons. The Kier molecular flexibility index (Phi) is 16.0. The molecule has 4 amide bonds. The predicted molar refractivity (Wildman–Crippen MR) is 228 cm³/mol. The number of carbonyl (C=O) groups is 7. The number of ketones is 1. The third-order valence-corrected chi connectivity index (χ3v) is 8.37. The highest BCUT2D eigenvalue weighted by molar-refractivity contribution is 6.12. The normalized spacial score (nSPS) is 13.0. The second kappa shape index (κ2) is 19.8. The standard InChI is InChI=1S/C44H62N4O14/c1-25(49)31-24-28-32(57-37(52)45-22-20-29(35(50)59-41(2,3)4)47(14)39(54)61-43(8,9)10)26-18-16-17-19-27(26)33(34(28)56-31)58-38(53)46-23-21-30(36(51)60-42(5,6)7)48(15)40(55)62-44(11,12)13/h16-19,24,29-30H,20-23H2,1-15H3,(H,45,52)(H,46,53)/t29-,30+/m1/s1. The molecule has 2 atom stereocenters. The molecule has 0 saturated carbocycles. The van der Waals surface area contributed by atoms with Gasteiger partial charge in [0.1, 0.15) is 34.5 Å². The van der Waals surface area contributed by atoms with E-state index in [-0.39, 0.29) is 59.5 Å². The number of furan rings is 1. The van der Waals surface area contributed by atoms with Crippen LogP contribution in [0.2, 0.25) is 0 Å². The molecule has 1 aromatic heterocycles. The number of nitrogens with zero attached hydrogens (tertiary/aromatic N) is 2. The van der Waals surface area contributed by atoms with Crippen molar-refractivity contribution in [3.8, 4) is 11.5 Å². The lowest BCUT2D eigenvalue weighted by Gasteiger charge is -2.31. The SMILES string of the molecule is CC(=O)c1cc2c(OC(=O)NCC[C@H](C(=O)OC(C)(C)C)N(C)C(=O)OC(C)(C)C)c3ccccc3c(OC(=O)NCC[C@@H](C(=O)OC(C)(C)C)N(C)C(=O)OC(C)(C)C)c2o1. The number of fused-ring (bicyclic) bond motifs is 2. The van der Waals surface area contributed by atoms with Crippen molar-refractivity contribution in [2.45, 2.75) is 137 Å². The fourth-order valence-electron chi connectivity index (χ4n) is 5.74. The number of amides is 4. The maximum atomic E-state index is 13.4. The lowest BCUT2D eigenvalue weighted by molar-refractivity contribution is -0.161. The van der Waals surface area contributed by atoms with Crippen LogP contribution < -0.4 is 20.1 Å². The Hall–Kier alpha value is -6.07. The molecule has 62 heavy (non-hydrogen) atoms. The lowest BCUT2D eigenvalue weighted by atomic mass is 10.1. The highest BCUT2D eigenvalue weighted by Gasteiger charge is 2.35. The van der Waals surface area contributed by atoms with Crippen molar-refractivity contribution in [3.63, 3.8) is 0 Å². The summed E-state index contributed by atoms with van der Waals surface area (Å²) in [4.78, 5) is 93.8. The Balaban J connectivity index is 1.89. The number of likely N-dealkylation sites (N-methyl/N-ethyl adjacent to an activating group) is 2. The van der Waals surface area contributed by atoms with Crippen molar-refractivity contribution < 1.29 is 66.4 Å². The van der Waals surface area contributed by atoms with E-state index in [1.807, 2.05) is 0 Å². The molecule has 0 saturated heterocycles. The summed E-state index contributed by atoms with van der Waals surface area (Å²) in [6.07, 6.45) is -3.61. The fraction of sp³-hybridized carbons (Fsp3) is 0.568. The molecule has 3 aromatic rings. The predicted octanol–water partition coefficient (Wildman–Crippen LogP) is 7.90. The van der Waals surface area contributed by atoms with Crippen LogP contribution in [0.25, 0.3) is 21.7 Å². The highest BCUT2D eigenvalue weighted by Crippen LogP contribution is 2.44. The number of Topliss-reactive ketones (excluding diaryl/α,β-unsaturated/α-hetero) is 1. The number of hydrogen-bond acceptors (Lipinski definition) is 14. The van der Waals surface area contributed by atoms with Crippen LogP contribution in [0.1, 0.15) is 113 Å². The fourth-order valence-corrected chi connectivity index (χ4v) is 5.74. The zero-order valence-electron chi connectivity index (χ0n) is 38.5. The average Bonchev–Trinajstić information content (AvgIpc) is 3.56. The Morgan fingerprint density at radius 2 is 0.952 bits per heavy atom. The lowest BCUT2D eigenvalue weighted by Crippen LogP contribution is -2.48. The van der Waals surface area contributed by atoms with Gasteiger partial charge in [0, 0.05) is 44.9 Å². The molecule has 0 bridgehead atoms. The topological polar surface area (TPSA) is 219 Å². The molecule has 2 aromatic carbocycles. The quantitative estimate of drug-likeness (QED) is 0.0948. The van der Waals surface area contributed by atoms with Crippen LogP contribution in [-0.4, -0.2) is 114 Å². The van der Waals surface area contributed by atoms with E-state index in [1.54, 1.807) is 107 Å². The molecule has 0 aliphatic carbocycles. The van der Waals surface area contributed by atoms with E-state index >= 15 is 0 Å². The number of rotatable bonds is 13. The first-order valence-electron chi connectivity index (χ1n) is 20.2. The Labute approximate surface area is 362 Å². The van der Waals surface area contributed by atoms with Gasteiger partial charge in [0.2, 0.25) is 0 Å². The average molecular weight is 871 g/mol. The maximum absolute atomic E-state index is 13.4. The zero-order chi connectivity index (χ0) is 47.1. The minimum atomic E-state index is -1.14. The first-order valence-corrected chi connectivity index (χ1v) is 20.2. The van der Waals surface area contributed by atoms with Crippen LogP contribution in [0, 0.1) is 0 Å². The van der Waals surface area contributed by atoms with Gasteiger partial charge in [0.15, 0.2) is 28.6 Å². The van der Waals surface area contributed by atoms with Gasteiger partial charge in [-0.15, -0.1) is 0 Å². The van der Waals surface area contributed by atoms with Gasteiger partial charge in [-0.1, -0.05) is 24.3 Å². The van der Waals surface area contributed by atoms with Gasteiger partial charge in [-0.05, 0) is 102 Å². The van der Waals surface area contributed by atoms with Crippen molar-refractivity contribution in [2.24, 2.45) is 0 Å².